The molecule has 0 fully saturated rings. The summed E-state index contributed by atoms with van der Waals surface area (Å²) in [7, 11) is -3.17. The van der Waals surface area contributed by atoms with Gasteiger partial charge in [0.1, 0.15) is 0 Å². The van der Waals surface area contributed by atoms with Gasteiger partial charge in [-0.25, -0.2) is 13.1 Å². The van der Waals surface area contributed by atoms with Crippen LogP contribution in [0.1, 0.15) is 58.8 Å². The van der Waals surface area contributed by atoms with Crippen molar-refractivity contribution in [1.82, 2.24) is 4.72 Å². The molecule has 1 unspecified atom stereocenters. The molecule has 0 aliphatic heterocycles. The lowest BCUT2D eigenvalue weighted by Gasteiger charge is -2.18. The molecule has 4 heteroatoms. The van der Waals surface area contributed by atoms with E-state index in [1.54, 1.807) is 0 Å². The van der Waals surface area contributed by atoms with Gasteiger partial charge in [-0.1, -0.05) is 52.0 Å². The van der Waals surface area contributed by atoms with E-state index in [0.29, 0.717) is 0 Å². The predicted molar refractivity (Wildman–Crippen MR) is 74.6 cm³/mol. The van der Waals surface area contributed by atoms with Crippen molar-refractivity contribution >= 4 is 10.0 Å². The molecular formula is C13H27NO2S. The lowest BCUT2D eigenvalue weighted by Crippen LogP contribution is -2.36. The van der Waals surface area contributed by atoms with Gasteiger partial charge in [0.15, 0.2) is 0 Å². The van der Waals surface area contributed by atoms with Crippen LogP contribution in [0.5, 0.6) is 0 Å². The monoisotopic (exact) mass is 261 g/mol. The van der Waals surface area contributed by atoms with E-state index in [9.17, 15) is 8.42 Å². The largest absolute Gasteiger partial charge is 0.215 e. The zero-order valence-corrected chi connectivity index (χ0v) is 12.1. The first-order chi connectivity index (χ1) is 8.05. The van der Waals surface area contributed by atoms with Crippen molar-refractivity contribution in [3.63, 3.8) is 0 Å². The van der Waals surface area contributed by atoms with Crippen molar-refractivity contribution in [2.75, 3.05) is 5.75 Å². The van der Waals surface area contributed by atoms with Crippen LogP contribution in [-0.4, -0.2) is 20.2 Å². The van der Waals surface area contributed by atoms with E-state index >= 15 is 0 Å². The summed E-state index contributed by atoms with van der Waals surface area (Å²) >= 11 is 0. The second kappa shape index (κ2) is 9.66. The Hall–Kier alpha value is -0.350. The summed E-state index contributed by atoms with van der Waals surface area (Å²) in [6, 6.07) is 0.103. The lowest BCUT2D eigenvalue weighted by atomic mass is 10.0. The minimum Gasteiger partial charge on any atom is -0.212 e. The molecule has 0 aromatic carbocycles. The average Bonchev–Trinajstić information content (AvgIpc) is 2.25. The van der Waals surface area contributed by atoms with Gasteiger partial charge < -0.3 is 0 Å². The highest BCUT2D eigenvalue weighted by Crippen LogP contribution is 2.11. The van der Waals surface area contributed by atoms with Crippen LogP contribution >= 0.6 is 0 Å². The van der Waals surface area contributed by atoms with E-state index in [0.717, 1.165) is 32.1 Å². The van der Waals surface area contributed by atoms with Crippen molar-refractivity contribution in [3.05, 3.63) is 12.7 Å². The van der Waals surface area contributed by atoms with E-state index < -0.39 is 10.0 Å². The van der Waals surface area contributed by atoms with Crippen LogP contribution in [0.15, 0.2) is 12.7 Å². The van der Waals surface area contributed by atoms with Crippen LogP contribution in [-0.2, 0) is 10.0 Å². The molecule has 0 aromatic rings. The third kappa shape index (κ3) is 9.36. The Bertz CT molecular complexity index is 286. The molecule has 102 valence electrons. The molecule has 17 heavy (non-hydrogen) atoms. The van der Waals surface area contributed by atoms with Crippen LogP contribution in [0, 0.1) is 0 Å². The standard InChI is InChI=1S/C13H27NO2S/c1-4-7-9-11-13(10-8-5-2)14-17(15,16)12-6-3/h6,13-14H,3-5,7-12H2,1-2H3. The van der Waals surface area contributed by atoms with Crippen molar-refractivity contribution < 1.29 is 8.42 Å². The number of hydrogen-bond donors (Lipinski definition) is 1. The van der Waals surface area contributed by atoms with Crippen LogP contribution in [0.2, 0.25) is 0 Å². The van der Waals surface area contributed by atoms with Crippen LogP contribution in [0.3, 0.4) is 0 Å². The quantitative estimate of drug-likeness (QED) is 0.458. The Morgan fingerprint density at radius 2 is 1.71 bits per heavy atom. The highest BCUT2D eigenvalue weighted by Gasteiger charge is 2.15. The van der Waals surface area contributed by atoms with E-state index in [4.69, 9.17) is 0 Å². The molecule has 3 nitrogen and oxygen atoms in total. The second-order valence-corrected chi connectivity index (χ2v) is 6.32. The summed E-state index contributed by atoms with van der Waals surface area (Å²) in [5, 5.41) is 0. The topological polar surface area (TPSA) is 46.2 Å². The highest BCUT2D eigenvalue weighted by molar-refractivity contribution is 7.89. The van der Waals surface area contributed by atoms with Crippen molar-refractivity contribution in [2.24, 2.45) is 0 Å². The summed E-state index contributed by atoms with van der Waals surface area (Å²) in [5.41, 5.74) is 0. The van der Waals surface area contributed by atoms with E-state index in [1.807, 2.05) is 0 Å². The minimum absolute atomic E-state index is 0.0173. The summed E-state index contributed by atoms with van der Waals surface area (Å²) in [4.78, 5) is 0. The molecule has 0 saturated heterocycles. The molecule has 0 saturated carbocycles. The molecule has 0 radical (unpaired) electrons. The van der Waals surface area contributed by atoms with Gasteiger partial charge in [-0.2, -0.15) is 0 Å². The minimum atomic E-state index is -3.17. The number of sulfonamides is 1. The molecule has 0 rings (SSSR count). The molecule has 0 heterocycles. The predicted octanol–water partition coefficient (Wildman–Crippen LogP) is 3.23. The smallest absolute Gasteiger partial charge is 0.212 e. The van der Waals surface area contributed by atoms with Crippen LogP contribution in [0.4, 0.5) is 0 Å². The zero-order chi connectivity index (χ0) is 13.1. The number of rotatable bonds is 11. The Balaban J connectivity index is 4.20. The van der Waals surface area contributed by atoms with E-state index in [2.05, 4.69) is 25.1 Å². The molecule has 0 aliphatic carbocycles. The third-order valence-corrected chi connectivity index (χ3v) is 4.11. The average molecular weight is 261 g/mol. The zero-order valence-electron chi connectivity index (χ0n) is 11.2. The van der Waals surface area contributed by atoms with Gasteiger partial charge in [-0.15, -0.1) is 6.58 Å². The summed E-state index contributed by atoms with van der Waals surface area (Å²) in [5.74, 6) is 0.0173. The maximum Gasteiger partial charge on any atom is 0.215 e. The maximum absolute atomic E-state index is 11.7. The molecule has 0 spiro atoms. The molecule has 1 atom stereocenters. The molecule has 0 bridgehead atoms. The molecular weight excluding hydrogens is 234 g/mol. The number of hydrogen-bond acceptors (Lipinski definition) is 2. The van der Waals surface area contributed by atoms with E-state index in [1.165, 1.54) is 18.9 Å². The molecule has 0 aliphatic rings. The molecule has 1 N–H and O–H groups in total. The highest BCUT2D eigenvalue weighted by atomic mass is 32.2. The first-order valence-electron chi connectivity index (χ1n) is 6.66. The number of unbranched alkanes of at least 4 members (excludes halogenated alkanes) is 3. The van der Waals surface area contributed by atoms with Gasteiger partial charge in [0.2, 0.25) is 10.0 Å². The Kier molecular flexibility index (Phi) is 9.46. The van der Waals surface area contributed by atoms with Gasteiger partial charge in [0, 0.05) is 6.04 Å². The summed E-state index contributed by atoms with van der Waals surface area (Å²) in [6.07, 6.45) is 8.94. The van der Waals surface area contributed by atoms with Crippen molar-refractivity contribution in [1.29, 1.82) is 0 Å². The summed E-state index contributed by atoms with van der Waals surface area (Å²) < 4.78 is 26.1. The van der Waals surface area contributed by atoms with Crippen LogP contribution in [0.25, 0.3) is 0 Å². The van der Waals surface area contributed by atoms with Crippen molar-refractivity contribution in [2.45, 2.75) is 64.8 Å². The first-order valence-corrected chi connectivity index (χ1v) is 8.31. The lowest BCUT2D eigenvalue weighted by molar-refractivity contribution is 0.469. The van der Waals surface area contributed by atoms with Gasteiger partial charge >= 0.3 is 0 Å². The fourth-order valence-electron chi connectivity index (χ4n) is 1.81. The van der Waals surface area contributed by atoms with Gasteiger partial charge in [-0.3, -0.25) is 0 Å². The fraction of sp³-hybridized carbons (Fsp3) is 0.846. The maximum atomic E-state index is 11.7. The fourth-order valence-corrected chi connectivity index (χ4v) is 2.96. The number of nitrogens with one attached hydrogen (secondary N) is 1. The summed E-state index contributed by atoms with van der Waals surface area (Å²) in [6.45, 7) is 7.75. The molecule has 0 aromatic heterocycles. The third-order valence-electron chi connectivity index (χ3n) is 2.75. The van der Waals surface area contributed by atoms with Gasteiger partial charge in [0.05, 0.1) is 5.75 Å². The van der Waals surface area contributed by atoms with E-state index in [-0.39, 0.29) is 11.8 Å². The van der Waals surface area contributed by atoms with Gasteiger partial charge in [0.25, 0.3) is 0 Å². The molecule has 0 amide bonds. The van der Waals surface area contributed by atoms with Gasteiger partial charge in [-0.05, 0) is 12.8 Å². The van der Waals surface area contributed by atoms with Crippen molar-refractivity contribution in [3.8, 4) is 0 Å². The first kappa shape index (κ1) is 16.6. The Morgan fingerprint density at radius 3 is 2.24 bits per heavy atom. The Morgan fingerprint density at radius 1 is 1.12 bits per heavy atom. The second-order valence-electron chi connectivity index (χ2n) is 4.52. The normalized spacial score (nSPS) is 13.5. The van der Waals surface area contributed by atoms with Crippen LogP contribution < -0.4 is 4.72 Å². The SMILES string of the molecule is C=CCS(=O)(=O)NC(CCCC)CCCCC. The Labute approximate surface area is 107 Å².